The molecule has 1 saturated heterocycles. The Bertz CT molecular complexity index is 695. The van der Waals surface area contributed by atoms with E-state index in [-0.39, 0.29) is 24.8 Å². The molecule has 0 radical (unpaired) electrons. The van der Waals surface area contributed by atoms with Gasteiger partial charge in [0.2, 0.25) is 11.8 Å². The van der Waals surface area contributed by atoms with E-state index in [0.29, 0.717) is 38.6 Å². The monoisotopic (exact) mass is 483 g/mol. The minimum atomic E-state index is -1.09. The molecule has 3 amide bonds. The zero-order valence-corrected chi connectivity index (χ0v) is 21.0. The van der Waals surface area contributed by atoms with Crippen molar-refractivity contribution in [2.75, 3.05) is 40.0 Å². The van der Waals surface area contributed by atoms with Crippen LogP contribution in [0.25, 0.3) is 0 Å². The van der Waals surface area contributed by atoms with Crippen molar-refractivity contribution >= 4 is 23.9 Å². The fourth-order valence-corrected chi connectivity index (χ4v) is 4.39. The van der Waals surface area contributed by atoms with Gasteiger partial charge in [-0.25, -0.2) is 9.59 Å². The Morgan fingerprint density at radius 1 is 1.06 bits per heavy atom. The molecule has 10 nitrogen and oxygen atoms in total. The zero-order valence-electron chi connectivity index (χ0n) is 21.0. The van der Waals surface area contributed by atoms with Crippen LogP contribution in [0.5, 0.6) is 0 Å². The van der Waals surface area contributed by atoms with Crippen molar-refractivity contribution in [3.63, 3.8) is 0 Å². The Balaban J connectivity index is 2.04. The number of morpholine rings is 1. The van der Waals surface area contributed by atoms with Crippen LogP contribution in [0.2, 0.25) is 0 Å². The van der Waals surface area contributed by atoms with Gasteiger partial charge in [-0.3, -0.25) is 9.59 Å². The van der Waals surface area contributed by atoms with Gasteiger partial charge in [0.05, 0.1) is 26.9 Å². The van der Waals surface area contributed by atoms with Gasteiger partial charge in [-0.2, -0.15) is 0 Å². The van der Waals surface area contributed by atoms with Gasteiger partial charge >= 0.3 is 12.1 Å². The normalized spacial score (nSPS) is 19.0. The predicted molar refractivity (Wildman–Crippen MR) is 125 cm³/mol. The number of ether oxygens (including phenoxy) is 3. The van der Waals surface area contributed by atoms with E-state index in [1.165, 1.54) is 13.5 Å². The Morgan fingerprint density at radius 2 is 1.71 bits per heavy atom. The van der Waals surface area contributed by atoms with Gasteiger partial charge in [-0.15, -0.1) is 0 Å². The number of hydrogen-bond acceptors (Lipinski definition) is 7. The highest BCUT2D eigenvalue weighted by molar-refractivity contribution is 5.89. The van der Waals surface area contributed by atoms with E-state index in [0.717, 1.165) is 25.7 Å². The van der Waals surface area contributed by atoms with Gasteiger partial charge in [0.1, 0.15) is 11.6 Å². The quantitative estimate of drug-likeness (QED) is 0.481. The van der Waals surface area contributed by atoms with E-state index >= 15 is 0 Å². The number of esters is 1. The van der Waals surface area contributed by atoms with Crippen molar-refractivity contribution in [3.05, 3.63) is 0 Å². The highest BCUT2D eigenvalue weighted by Crippen LogP contribution is 2.30. The van der Waals surface area contributed by atoms with Crippen molar-refractivity contribution in [1.29, 1.82) is 0 Å². The number of nitrogens with one attached hydrogen (secondary N) is 2. The predicted octanol–water partition coefficient (Wildman–Crippen LogP) is 2.00. The lowest BCUT2D eigenvalue weighted by molar-refractivity contribution is -0.146. The van der Waals surface area contributed by atoms with E-state index in [1.54, 1.807) is 25.7 Å². The Morgan fingerprint density at radius 3 is 2.29 bits per heavy atom. The number of carbonyl (C=O) groups excluding carboxylic acids is 4. The molecule has 0 aromatic heterocycles. The maximum atomic E-state index is 13.3. The van der Waals surface area contributed by atoms with Gasteiger partial charge in [0, 0.05) is 25.4 Å². The van der Waals surface area contributed by atoms with Crippen molar-refractivity contribution in [2.45, 2.75) is 77.4 Å². The SMILES string of the molecule is COC(=O)C(CNC(=O)OC(C)(C)C)NC(=O)C(CC(=O)N1CCOCC1)CC1CCCCC1. The van der Waals surface area contributed by atoms with Crippen LogP contribution in [-0.4, -0.2) is 80.4 Å². The summed E-state index contributed by atoms with van der Waals surface area (Å²) in [7, 11) is 1.22. The van der Waals surface area contributed by atoms with E-state index in [9.17, 15) is 19.2 Å². The molecule has 2 rings (SSSR count). The Kier molecular flexibility index (Phi) is 11.1. The fraction of sp³-hybridized carbons (Fsp3) is 0.833. The second-order valence-electron chi connectivity index (χ2n) is 10.1. The number of nitrogens with zero attached hydrogens (tertiary/aromatic N) is 1. The molecule has 10 heteroatoms. The largest absolute Gasteiger partial charge is 0.467 e. The maximum Gasteiger partial charge on any atom is 0.407 e. The molecule has 34 heavy (non-hydrogen) atoms. The van der Waals surface area contributed by atoms with Crippen molar-refractivity contribution < 1.29 is 33.4 Å². The molecule has 2 fully saturated rings. The second kappa shape index (κ2) is 13.5. The van der Waals surface area contributed by atoms with Crippen molar-refractivity contribution in [3.8, 4) is 0 Å². The first-order valence-corrected chi connectivity index (χ1v) is 12.3. The molecular formula is C24H41N3O7. The first-order valence-electron chi connectivity index (χ1n) is 12.3. The smallest absolute Gasteiger partial charge is 0.407 e. The summed E-state index contributed by atoms with van der Waals surface area (Å²) in [4.78, 5) is 52.2. The zero-order chi connectivity index (χ0) is 25.1. The standard InChI is InChI=1S/C24H41N3O7/c1-24(2,3)34-23(31)25-16-19(22(30)32-4)26-21(29)18(14-17-8-6-5-7-9-17)15-20(28)27-10-12-33-13-11-27/h17-19H,5-16H2,1-4H3,(H,25,31)(H,26,29). The van der Waals surface area contributed by atoms with Crippen molar-refractivity contribution in [1.82, 2.24) is 15.5 Å². The minimum absolute atomic E-state index is 0.0791. The number of hydrogen-bond donors (Lipinski definition) is 2. The lowest BCUT2D eigenvalue weighted by atomic mass is 9.81. The lowest BCUT2D eigenvalue weighted by Crippen LogP contribution is -2.51. The molecule has 2 N–H and O–H groups in total. The van der Waals surface area contributed by atoms with Crippen LogP contribution in [0.4, 0.5) is 4.79 Å². The number of methoxy groups -OCH3 is 1. The van der Waals surface area contributed by atoms with Crippen LogP contribution >= 0.6 is 0 Å². The van der Waals surface area contributed by atoms with Gasteiger partial charge in [-0.1, -0.05) is 32.1 Å². The highest BCUT2D eigenvalue weighted by Gasteiger charge is 2.32. The molecule has 1 heterocycles. The van der Waals surface area contributed by atoms with Crippen LogP contribution in [0.15, 0.2) is 0 Å². The third-order valence-electron chi connectivity index (χ3n) is 6.15. The molecule has 0 aromatic carbocycles. The number of carbonyl (C=O) groups is 4. The molecule has 1 aliphatic heterocycles. The summed E-state index contributed by atoms with van der Waals surface area (Å²) >= 11 is 0. The van der Waals surface area contributed by atoms with E-state index in [2.05, 4.69) is 10.6 Å². The fourth-order valence-electron chi connectivity index (χ4n) is 4.39. The molecule has 0 bridgehead atoms. The molecule has 1 saturated carbocycles. The minimum Gasteiger partial charge on any atom is -0.467 e. The summed E-state index contributed by atoms with van der Waals surface area (Å²) in [6.45, 7) is 7.02. The van der Waals surface area contributed by atoms with E-state index in [1.807, 2.05) is 0 Å². The van der Waals surface area contributed by atoms with Crippen molar-refractivity contribution in [2.24, 2.45) is 11.8 Å². The van der Waals surface area contributed by atoms with Gasteiger partial charge in [0.15, 0.2) is 0 Å². The van der Waals surface area contributed by atoms with Gasteiger partial charge in [0.25, 0.3) is 0 Å². The second-order valence-corrected chi connectivity index (χ2v) is 10.1. The molecular weight excluding hydrogens is 442 g/mol. The van der Waals surface area contributed by atoms with Crippen LogP contribution in [0.3, 0.4) is 0 Å². The molecule has 0 spiro atoms. The molecule has 2 atom stereocenters. The van der Waals surface area contributed by atoms with E-state index < -0.39 is 29.6 Å². The first-order chi connectivity index (χ1) is 16.1. The molecule has 194 valence electrons. The lowest BCUT2D eigenvalue weighted by Gasteiger charge is -2.30. The molecule has 2 aliphatic rings. The molecule has 0 aromatic rings. The number of amides is 3. The third-order valence-corrected chi connectivity index (χ3v) is 6.15. The van der Waals surface area contributed by atoms with Gasteiger partial charge in [-0.05, 0) is 33.1 Å². The third kappa shape index (κ3) is 9.87. The summed E-state index contributed by atoms with van der Waals surface area (Å²) in [5.74, 6) is -1.33. The molecule has 1 aliphatic carbocycles. The summed E-state index contributed by atoms with van der Waals surface area (Å²) in [5.41, 5.74) is -0.695. The van der Waals surface area contributed by atoms with Crippen LogP contribution in [0, 0.1) is 11.8 Å². The number of alkyl carbamates (subject to hydrolysis) is 1. The van der Waals surface area contributed by atoms with Gasteiger partial charge < -0.3 is 29.7 Å². The topological polar surface area (TPSA) is 123 Å². The molecule has 2 unspecified atom stereocenters. The Hall–Kier alpha value is -2.36. The summed E-state index contributed by atoms with van der Waals surface area (Å²) in [5, 5.41) is 5.21. The first kappa shape index (κ1) is 27.9. The van der Waals surface area contributed by atoms with Crippen LogP contribution in [-0.2, 0) is 28.6 Å². The Labute approximate surface area is 202 Å². The highest BCUT2D eigenvalue weighted by atomic mass is 16.6. The average Bonchev–Trinajstić information content (AvgIpc) is 2.80. The van der Waals surface area contributed by atoms with E-state index in [4.69, 9.17) is 14.2 Å². The maximum absolute atomic E-state index is 13.3. The summed E-state index contributed by atoms with van der Waals surface area (Å²) in [6, 6.07) is -1.09. The number of rotatable bonds is 9. The summed E-state index contributed by atoms with van der Waals surface area (Å²) < 4.78 is 15.3. The summed E-state index contributed by atoms with van der Waals surface area (Å²) in [6.07, 6.45) is 5.50. The van der Waals surface area contributed by atoms with Crippen LogP contribution in [0.1, 0.15) is 65.7 Å². The average molecular weight is 484 g/mol. The van der Waals surface area contributed by atoms with Crippen LogP contribution < -0.4 is 10.6 Å².